The number of amides is 1. The number of fused-ring (bicyclic) bond motifs is 1. The van der Waals surface area contributed by atoms with Crippen molar-refractivity contribution in [2.75, 3.05) is 13.1 Å². The summed E-state index contributed by atoms with van der Waals surface area (Å²) in [6.07, 6.45) is -2.19. The lowest BCUT2D eigenvalue weighted by Crippen LogP contribution is -2.37. The second-order valence-corrected chi connectivity index (χ2v) is 7.13. The highest BCUT2D eigenvalue weighted by atomic mass is 19.4. The summed E-state index contributed by atoms with van der Waals surface area (Å²) in [5.41, 5.74) is -0.123. The molecule has 5 nitrogen and oxygen atoms in total. The highest BCUT2D eigenvalue weighted by Gasteiger charge is 2.37. The minimum atomic E-state index is -4.56. The van der Waals surface area contributed by atoms with Gasteiger partial charge in [-0.25, -0.2) is 4.98 Å². The number of halogens is 3. The van der Waals surface area contributed by atoms with E-state index in [1.54, 1.807) is 6.07 Å². The van der Waals surface area contributed by atoms with E-state index in [0.29, 0.717) is 18.5 Å². The molecule has 0 aliphatic heterocycles. The third kappa shape index (κ3) is 3.84. The summed E-state index contributed by atoms with van der Waals surface area (Å²) in [5, 5.41) is 0. The van der Waals surface area contributed by atoms with Crippen LogP contribution in [0.5, 0.6) is 0 Å². The smallest absolute Gasteiger partial charge is 0.329 e. The Morgan fingerprint density at radius 1 is 1.30 bits per heavy atom. The summed E-state index contributed by atoms with van der Waals surface area (Å²) in [6, 6.07) is 2.85. The fraction of sp³-hybridized carbons (Fsp3) is 0.526. The van der Waals surface area contributed by atoms with Crippen LogP contribution < -0.4 is 0 Å². The lowest BCUT2D eigenvalue weighted by atomic mass is 10.0. The first-order valence-electron chi connectivity index (χ1n) is 8.99. The molecule has 0 bridgehead atoms. The highest BCUT2D eigenvalue weighted by Crippen LogP contribution is 2.44. The summed E-state index contributed by atoms with van der Waals surface area (Å²) < 4.78 is 42.2. The molecule has 27 heavy (non-hydrogen) atoms. The van der Waals surface area contributed by atoms with E-state index in [0.717, 1.165) is 18.9 Å². The van der Waals surface area contributed by atoms with Crippen LogP contribution >= 0.6 is 0 Å². The van der Waals surface area contributed by atoms with Gasteiger partial charge in [-0.1, -0.05) is 6.92 Å². The van der Waals surface area contributed by atoms with Crippen LogP contribution in [0.15, 0.2) is 12.1 Å². The van der Waals surface area contributed by atoms with Gasteiger partial charge in [-0.15, -0.1) is 0 Å². The molecule has 0 radical (unpaired) electrons. The fourth-order valence-corrected chi connectivity index (χ4v) is 3.30. The van der Waals surface area contributed by atoms with Crippen LogP contribution in [0.2, 0.25) is 0 Å². The number of carbonyl (C=O) groups excluding carboxylic acids is 2. The van der Waals surface area contributed by atoms with E-state index in [1.165, 1.54) is 23.4 Å². The van der Waals surface area contributed by atoms with Crippen LogP contribution in [0.25, 0.3) is 11.0 Å². The molecule has 0 saturated heterocycles. The number of hydrogen-bond acceptors (Lipinski definition) is 3. The van der Waals surface area contributed by atoms with E-state index >= 15 is 0 Å². The van der Waals surface area contributed by atoms with E-state index in [1.807, 2.05) is 6.92 Å². The molecule has 1 amide bonds. The number of rotatable bonds is 6. The zero-order valence-electron chi connectivity index (χ0n) is 15.6. The Balaban J connectivity index is 2.13. The van der Waals surface area contributed by atoms with Crippen molar-refractivity contribution in [3.05, 3.63) is 29.1 Å². The maximum absolute atomic E-state index is 13.6. The Kier molecular flexibility index (Phi) is 5.01. The molecule has 3 rings (SSSR count). The quantitative estimate of drug-likeness (QED) is 0.762. The van der Waals surface area contributed by atoms with Gasteiger partial charge in [0.05, 0.1) is 17.6 Å². The Hall–Kier alpha value is -2.38. The van der Waals surface area contributed by atoms with E-state index in [4.69, 9.17) is 0 Å². The van der Waals surface area contributed by atoms with Crippen LogP contribution in [-0.4, -0.2) is 39.2 Å². The Labute approximate surface area is 155 Å². The predicted molar refractivity (Wildman–Crippen MR) is 94.6 cm³/mol. The van der Waals surface area contributed by atoms with Crippen molar-refractivity contribution < 1.29 is 22.8 Å². The number of Topliss-reactive ketones (excluding diaryl/α,β-unsaturated/α-hetero) is 1. The van der Waals surface area contributed by atoms with Crippen molar-refractivity contribution in [1.29, 1.82) is 0 Å². The van der Waals surface area contributed by atoms with Crippen LogP contribution in [-0.2, 0) is 18.0 Å². The third-order valence-corrected chi connectivity index (χ3v) is 4.75. The molecule has 8 heteroatoms. The molecule has 1 aromatic carbocycles. The standard InChI is InChI=1S/C19H22F3N3O2/c1-4-7-25(10-11(2)26)18(27)17-23-16-14(19(20,21)22)8-13(12-5-6-12)9-15(16)24(17)3/h8-9,12H,4-7,10H2,1-3H3. The molecular formula is C19H22F3N3O2. The van der Waals surface area contributed by atoms with Crippen LogP contribution in [0.3, 0.4) is 0 Å². The predicted octanol–water partition coefficient (Wildman–Crippen LogP) is 3.91. The number of imidazole rings is 1. The first kappa shape index (κ1) is 19.4. The van der Waals surface area contributed by atoms with Crippen molar-refractivity contribution in [2.24, 2.45) is 7.05 Å². The molecule has 2 aromatic rings. The zero-order valence-corrected chi connectivity index (χ0v) is 15.6. The molecular weight excluding hydrogens is 359 g/mol. The van der Waals surface area contributed by atoms with Gasteiger partial charge in [0.25, 0.3) is 5.91 Å². The average molecular weight is 381 g/mol. The van der Waals surface area contributed by atoms with Crippen molar-refractivity contribution in [2.45, 2.75) is 45.2 Å². The summed E-state index contributed by atoms with van der Waals surface area (Å²) >= 11 is 0. The molecule has 0 spiro atoms. The van der Waals surface area contributed by atoms with E-state index in [2.05, 4.69) is 4.98 Å². The molecule has 1 aliphatic rings. The van der Waals surface area contributed by atoms with Crippen molar-refractivity contribution in [3.63, 3.8) is 0 Å². The van der Waals surface area contributed by atoms with E-state index < -0.39 is 17.6 Å². The average Bonchev–Trinajstić information content (AvgIpc) is 3.37. The van der Waals surface area contributed by atoms with Gasteiger partial charge in [-0.05, 0) is 49.8 Å². The summed E-state index contributed by atoms with van der Waals surface area (Å²) in [5.74, 6) is -0.675. The van der Waals surface area contributed by atoms with E-state index in [9.17, 15) is 22.8 Å². The minimum Gasteiger partial charge on any atom is -0.329 e. The maximum atomic E-state index is 13.6. The highest BCUT2D eigenvalue weighted by molar-refractivity contribution is 5.97. The lowest BCUT2D eigenvalue weighted by molar-refractivity contribution is -0.136. The number of aryl methyl sites for hydroxylation is 1. The fourth-order valence-electron chi connectivity index (χ4n) is 3.30. The Morgan fingerprint density at radius 2 is 1.96 bits per heavy atom. The van der Waals surface area contributed by atoms with Gasteiger partial charge in [0.2, 0.25) is 0 Å². The number of aromatic nitrogens is 2. The van der Waals surface area contributed by atoms with Crippen molar-refractivity contribution >= 4 is 22.7 Å². The van der Waals surface area contributed by atoms with Crippen molar-refractivity contribution in [1.82, 2.24) is 14.5 Å². The second-order valence-electron chi connectivity index (χ2n) is 7.13. The molecule has 0 unspecified atom stereocenters. The summed E-state index contributed by atoms with van der Waals surface area (Å²) in [6.45, 7) is 3.48. The molecule has 1 saturated carbocycles. The monoisotopic (exact) mass is 381 g/mol. The largest absolute Gasteiger partial charge is 0.418 e. The first-order valence-corrected chi connectivity index (χ1v) is 8.99. The number of carbonyl (C=O) groups is 2. The van der Waals surface area contributed by atoms with Crippen LogP contribution in [0.4, 0.5) is 13.2 Å². The van der Waals surface area contributed by atoms with Crippen LogP contribution in [0.1, 0.15) is 60.8 Å². The molecule has 0 N–H and O–H groups in total. The Morgan fingerprint density at radius 3 is 2.48 bits per heavy atom. The van der Waals surface area contributed by atoms with Gasteiger partial charge in [0.15, 0.2) is 5.82 Å². The molecule has 146 valence electrons. The number of nitrogens with zero attached hydrogens (tertiary/aromatic N) is 3. The topological polar surface area (TPSA) is 55.2 Å². The van der Waals surface area contributed by atoms with Gasteiger partial charge in [-0.2, -0.15) is 13.2 Å². The van der Waals surface area contributed by atoms with Gasteiger partial charge in [-0.3, -0.25) is 9.59 Å². The number of hydrogen-bond donors (Lipinski definition) is 0. The van der Waals surface area contributed by atoms with Gasteiger partial charge < -0.3 is 9.47 Å². The zero-order chi connectivity index (χ0) is 19.9. The number of benzene rings is 1. The molecule has 1 aromatic heterocycles. The molecule has 0 atom stereocenters. The minimum absolute atomic E-state index is 0.0850. The molecule has 1 fully saturated rings. The first-order chi connectivity index (χ1) is 12.6. The molecule has 1 aliphatic carbocycles. The Bertz CT molecular complexity index is 898. The third-order valence-electron chi connectivity index (χ3n) is 4.75. The van der Waals surface area contributed by atoms with Gasteiger partial charge in [0, 0.05) is 13.6 Å². The van der Waals surface area contributed by atoms with Gasteiger partial charge in [0.1, 0.15) is 11.3 Å². The lowest BCUT2D eigenvalue weighted by Gasteiger charge is -2.20. The van der Waals surface area contributed by atoms with Gasteiger partial charge >= 0.3 is 6.18 Å². The van der Waals surface area contributed by atoms with E-state index in [-0.39, 0.29) is 35.1 Å². The number of ketones is 1. The normalized spacial score (nSPS) is 14.6. The number of alkyl halides is 3. The van der Waals surface area contributed by atoms with Crippen LogP contribution in [0, 0.1) is 0 Å². The SMILES string of the molecule is CCCN(CC(C)=O)C(=O)c1nc2c(C(F)(F)F)cc(C3CC3)cc2n1C. The summed E-state index contributed by atoms with van der Waals surface area (Å²) in [4.78, 5) is 29.7. The van der Waals surface area contributed by atoms with Crippen molar-refractivity contribution in [3.8, 4) is 0 Å². The summed E-state index contributed by atoms with van der Waals surface area (Å²) in [7, 11) is 1.54. The second kappa shape index (κ2) is 6.98. The molecule has 1 heterocycles. The maximum Gasteiger partial charge on any atom is 0.418 e.